The molecule has 4 nitrogen and oxygen atoms in total. The molecule has 0 aliphatic rings. The number of aromatic nitrogens is 1. The number of hydrogen-bond donors (Lipinski definition) is 1. The zero-order valence-corrected chi connectivity index (χ0v) is 9.87. The number of pyridine rings is 1. The predicted molar refractivity (Wildman–Crippen MR) is 68.7 cm³/mol. The Hall–Kier alpha value is -2.36. The summed E-state index contributed by atoms with van der Waals surface area (Å²) < 4.78 is 5.08. The summed E-state index contributed by atoms with van der Waals surface area (Å²) in [7, 11) is 0. The van der Waals surface area contributed by atoms with Gasteiger partial charge in [-0.2, -0.15) is 0 Å². The van der Waals surface area contributed by atoms with Crippen molar-refractivity contribution < 1.29 is 9.21 Å². The summed E-state index contributed by atoms with van der Waals surface area (Å²) in [5.41, 5.74) is 0.966. The largest absolute Gasteiger partial charge is 0.465 e. The molecule has 0 bridgehead atoms. The fraction of sp³-hybridized carbons (Fsp3) is 0.143. The van der Waals surface area contributed by atoms with Gasteiger partial charge in [-0.05, 0) is 30.3 Å². The average molecular weight is 242 g/mol. The molecule has 0 aliphatic heterocycles. The van der Waals surface area contributed by atoms with Crippen LogP contribution < -0.4 is 5.32 Å². The van der Waals surface area contributed by atoms with Crippen LogP contribution in [-0.4, -0.2) is 17.4 Å². The van der Waals surface area contributed by atoms with Crippen LogP contribution >= 0.6 is 0 Å². The number of furan rings is 1. The first-order valence-corrected chi connectivity index (χ1v) is 5.74. The van der Waals surface area contributed by atoms with Crippen molar-refractivity contribution in [1.29, 1.82) is 0 Å². The van der Waals surface area contributed by atoms with Gasteiger partial charge in [-0.15, -0.1) is 0 Å². The van der Waals surface area contributed by atoms with Crippen molar-refractivity contribution in [2.45, 2.75) is 6.42 Å². The Morgan fingerprint density at radius 2 is 2.28 bits per heavy atom. The molecule has 0 radical (unpaired) electrons. The Morgan fingerprint density at radius 1 is 1.33 bits per heavy atom. The van der Waals surface area contributed by atoms with Crippen LogP contribution in [0, 0.1) is 0 Å². The normalized spacial score (nSPS) is 10.7. The van der Waals surface area contributed by atoms with Crippen LogP contribution in [0.5, 0.6) is 0 Å². The van der Waals surface area contributed by atoms with Crippen molar-refractivity contribution in [1.82, 2.24) is 10.3 Å². The minimum Gasteiger partial charge on any atom is -0.465 e. The topological polar surface area (TPSA) is 55.1 Å². The van der Waals surface area contributed by atoms with Crippen LogP contribution in [0.4, 0.5) is 0 Å². The van der Waals surface area contributed by atoms with Crippen molar-refractivity contribution >= 4 is 12.0 Å². The number of carbonyl (C=O) groups excluding carboxylic acids is 1. The lowest BCUT2D eigenvalue weighted by atomic mass is 10.3. The summed E-state index contributed by atoms with van der Waals surface area (Å²) in [6, 6.07) is 9.30. The second-order valence-electron chi connectivity index (χ2n) is 3.71. The maximum atomic E-state index is 11.5. The van der Waals surface area contributed by atoms with E-state index >= 15 is 0 Å². The van der Waals surface area contributed by atoms with E-state index in [0.717, 1.165) is 12.1 Å². The number of nitrogens with zero attached hydrogens (tertiary/aromatic N) is 1. The van der Waals surface area contributed by atoms with Crippen LogP contribution in [0.3, 0.4) is 0 Å². The van der Waals surface area contributed by atoms with Gasteiger partial charge in [0, 0.05) is 30.9 Å². The summed E-state index contributed by atoms with van der Waals surface area (Å²) in [5, 5.41) is 2.79. The van der Waals surface area contributed by atoms with Gasteiger partial charge < -0.3 is 9.73 Å². The second-order valence-corrected chi connectivity index (χ2v) is 3.71. The molecule has 1 amide bonds. The molecule has 1 N–H and O–H groups in total. The van der Waals surface area contributed by atoms with Crippen LogP contribution in [0.1, 0.15) is 11.5 Å². The summed E-state index contributed by atoms with van der Waals surface area (Å²) in [6.07, 6.45) is 7.13. The van der Waals surface area contributed by atoms with Gasteiger partial charge >= 0.3 is 0 Å². The monoisotopic (exact) mass is 242 g/mol. The third kappa shape index (κ3) is 3.90. The molecule has 0 unspecified atom stereocenters. The highest BCUT2D eigenvalue weighted by Gasteiger charge is 1.97. The van der Waals surface area contributed by atoms with Crippen LogP contribution in [0.25, 0.3) is 6.08 Å². The number of hydrogen-bond acceptors (Lipinski definition) is 3. The standard InChI is InChI=1S/C14H14N2O2/c17-14(7-6-13-5-3-11-18-13)16-10-8-12-4-1-2-9-15-12/h1-7,9,11H,8,10H2,(H,16,17). The first kappa shape index (κ1) is 12.1. The second kappa shape index (κ2) is 6.39. The van der Waals surface area contributed by atoms with Crippen molar-refractivity contribution in [2.75, 3.05) is 6.54 Å². The third-order valence-electron chi connectivity index (χ3n) is 2.35. The van der Waals surface area contributed by atoms with Gasteiger partial charge in [-0.25, -0.2) is 0 Å². The van der Waals surface area contributed by atoms with Gasteiger partial charge in [0.2, 0.25) is 5.91 Å². The van der Waals surface area contributed by atoms with Crippen molar-refractivity contribution in [3.8, 4) is 0 Å². The van der Waals surface area contributed by atoms with Gasteiger partial charge in [0.15, 0.2) is 0 Å². The molecule has 92 valence electrons. The van der Waals surface area contributed by atoms with Gasteiger partial charge in [0.1, 0.15) is 5.76 Å². The molecule has 0 atom stereocenters. The molecular formula is C14H14N2O2. The fourth-order valence-corrected chi connectivity index (χ4v) is 1.46. The Balaban J connectivity index is 1.72. The van der Waals surface area contributed by atoms with Crippen LogP contribution in [0.2, 0.25) is 0 Å². The van der Waals surface area contributed by atoms with E-state index in [4.69, 9.17) is 4.42 Å². The van der Waals surface area contributed by atoms with E-state index < -0.39 is 0 Å². The highest BCUT2D eigenvalue weighted by molar-refractivity contribution is 5.91. The Morgan fingerprint density at radius 3 is 3.00 bits per heavy atom. The Bertz CT molecular complexity index is 504. The van der Waals surface area contributed by atoms with Gasteiger partial charge in [-0.3, -0.25) is 9.78 Å². The van der Waals surface area contributed by atoms with E-state index in [0.29, 0.717) is 12.3 Å². The lowest BCUT2D eigenvalue weighted by Crippen LogP contribution is -2.23. The number of rotatable bonds is 5. The first-order chi connectivity index (χ1) is 8.84. The van der Waals surface area contributed by atoms with Gasteiger partial charge in [0.05, 0.1) is 6.26 Å². The molecule has 0 aliphatic carbocycles. The Kier molecular flexibility index (Phi) is 4.30. The lowest BCUT2D eigenvalue weighted by Gasteiger charge is -2.01. The smallest absolute Gasteiger partial charge is 0.244 e. The molecule has 0 saturated carbocycles. The van der Waals surface area contributed by atoms with Crippen molar-refractivity contribution in [3.63, 3.8) is 0 Å². The maximum Gasteiger partial charge on any atom is 0.244 e. The summed E-state index contributed by atoms with van der Waals surface area (Å²) in [4.78, 5) is 15.6. The number of carbonyl (C=O) groups is 1. The Labute approximate surface area is 105 Å². The maximum absolute atomic E-state index is 11.5. The molecule has 0 fully saturated rings. The van der Waals surface area contributed by atoms with Crippen LogP contribution in [-0.2, 0) is 11.2 Å². The van der Waals surface area contributed by atoms with Crippen molar-refractivity contribution in [3.05, 3.63) is 60.3 Å². The molecule has 0 spiro atoms. The molecule has 18 heavy (non-hydrogen) atoms. The number of amides is 1. The summed E-state index contributed by atoms with van der Waals surface area (Å²) in [6.45, 7) is 0.568. The summed E-state index contributed by atoms with van der Waals surface area (Å²) >= 11 is 0. The highest BCUT2D eigenvalue weighted by Crippen LogP contribution is 2.01. The molecule has 2 aromatic rings. The first-order valence-electron chi connectivity index (χ1n) is 5.74. The average Bonchev–Trinajstić information content (AvgIpc) is 2.91. The summed E-state index contributed by atoms with van der Waals surface area (Å²) in [5.74, 6) is 0.525. The van der Waals surface area contributed by atoms with Crippen LogP contribution in [0.15, 0.2) is 53.3 Å². The molecule has 2 heterocycles. The van der Waals surface area contributed by atoms with E-state index in [1.54, 1.807) is 30.7 Å². The third-order valence-corrected chi connectivity index (χ3v) is 2.35. The number of nitrogens with one attached hydrogen (secondary N) is 1. The molecule has 2 aromatic heterocycles. The minimum atomic E-state index is -0.137. The van der Waals surface area contributed by atoms with E-state index in [9.17, 15) is 4.79 Å². The zero-order valence-electron chi connectivity index (χ0n) is 9.87. The fourth-order valence-electron chi connectivity index (χ4n) is 1.46. The zero-order chi connectivity index (χ0) is 12.6. The van der Waals surface area contributed by atoms with E-state index in [1.807, 2.05) is 18.2 Å². The quantitative estimate of drug-likeness (QED) is 0.816. The van der Waals surface area contributed by atoms with Gasteiger partial charge in [-0.1, -0.05) is 6.07 Å². The SMILES string of the molecule is O=C(C=Cc1ccco1)NCCc1ccccn1. The van der Waals surface area contributed by atoms with E-state index in [-0.39, 0.29) is 5.91 Å². The molecular weight excluding hydrogens is 228 g/mol. The highest BCUT2D eigenvalue weighted by atomic mass is 16.3. The molecule has 4 heteroatoms. The molecule has 0 saturated heterocycles. The van der Waals surface area contributed by atoms with E-state index in [1.165, 1.54) is 6.08 Å². The van der Waals surface area contributed by atoms with Crippen molar-refractivity contribution in [2.24, 2.45) is 0 Å². The predicted octanol–water partition coefficient (Wildman–Crippen LogP) is 2.05. The van der Waals surface area contributed by atoms with E-state index in [2.05, 4.69) is 10.3 Å². The lowest BCUT2D eigenvalue weighted by molar-refractivity contribution is -0.116. The minimum absolute atomic E-state index is 0.137. The molecule has 0 aromatic carbocycles. The molecule has 2 rings (SSSR count). The van der Waals surface area contributed by atoms with Gasteiger partial charge in [0.25, 0.3) is 0 Å².